The minimum Gasteiger partial charge on any atom is -0.489 e. The molecule has 0 amide bonds. The summed E-state index contributed by atoms with van der Waals surface area (Å²) >= 11 is 5.81. The molecule has 16 heavy (non-hydrogen) atoms. The Kier molecular flexibility index (Phi) is 3.91. The first kappa shape index (κ1) is 11.6. The van der Waals surface area contributed by atoms with Crippen molar-refractivity contribution in [3.8, 4) is 5.75 Å². The average molecular weight is 242 g/mol. The Morgan fingerprint density at radius 2 is 2.31 bits per heavy atom. The molecule has 1 aromatic carbocycles. The second-order valence-electron chi connectivity index (χ2n) is 3.98. The molecule has 0 bridgehead atoms. The lowest BCUT2D eigenvalue weighted by Gasteiger charge is -2.22. The molecule has 88 valence electrons. The zero-order valence-corrected chi connectivity index (χ0v) is 9.87. The van der Waals surface area contributed by atoms with Crippen LogP contribution in [0.2, 0.25) is 5.02 Å². The molecule has 1 aliphatic rings. The largest absolute Gasteiger partial charge is 0.489 e. The van der Waals surface area contributed by atoms with E-state index >= 15 is 0 Å². The van der Waals surface area contributed by atoms with Crippen molar-refractivity contribution in [2.75, 3.05) is 18.9 Å². The first-order valence-corrected chi connectivity index (χ1v) is 5.93. The van der Waals surface area contributed by atoms with Crippen LogP contribution in [-0.2, 0) is 4.74 Å². The van der Waals surface area contributed by atoms with Crippen molar-refractivity contribution in [2.45, 2.75) is 25.4 Å². The molecule has 2 rings (SSSR count). The van der Waals surface area contributed by atoms with E-state index in [1.807, 2.05) is 0 Å². The number of rotatable bonds is 3. The van der Waals surface area contributed by atoms with Crippen LogP contribution in [0.4, 0.5) is 5.69 Å². The van der Waals surface area contributed by atoms with Crippen molar-refractivity contribution in [1.29, 1.82) is 0 Å². The topological polar surface area (TPSA) is 44.5 Å². The summed E-state index contributed by atoms with van der Waals surface area (Å²) in [6, 6.07) is 5.26. The third-order valence-electron chi connectivity index (χ3n) is 2.67. The third kappa shape index (κ3) is 3.03. The number of ether oxygens (including phenoxy) is 2. The van der Waals surface area contributed by atoms with Gasteiger partial charge in [0, 0.05) is 11.6 Å². The molecule has 1 saturated heterocycles. The molecular formula is C12H16ClNO2. The maximum absolute atomic E-state index is 5.81. The van der Waals surface area contributed by atoms with Gasteiger partial charge < -0.3 is 15.2 Å². The van der Waals surface area contributed by atoms with Gasteiger partial charge in [0.05, 0.1) is 11.8 Å². The van der Waals surface area contributed by atoms with E-state index in [9.17, 15) is 0 Å². The Morgan fingerprint density at radius 1 is 1.44 bits per heavy atom. The minimum absolute atomic E-state index is 0.198. The van der Waals surface area contributed by atoms with Gasteiger partial charge >= 0.3 is 0 Å². The van der Waals surface area contributed by atoms with Crippen molar-refractivity contribution in [3.63, 3.8) is 0 Å². The first-order chi connectivity index (χ1) is 7.75. The minimum atomic E-state index is 0.198. The smallest absolute Gasteiger partial charge is 0.142 e. The van der Waals surface area contributed by atoms with Gasteiger partial charge in [0.25, 0.3) is 0 Å². The Balaban J connectivity index is 1.88. The van der Waals surface area contributed by atoms with Gasteiger partial charge in [0.15, 0.2) is 0 Å². The molecule has 2 N–H and O–H groups in total. The molecule has 1 fully saturated rings. The van der Waals surface area contributed by atoms with Gasteiger partial charge in [-0.2, -0.15) is 0 Å². The maximum Gasteiger partial charge on any atom is 0.142 e. The lowest BCUT2D eigenvalue weighted by atomic mass is 10.1. The molecular weight excluding hydrogens is 226 g/mol. The van der Waals surface area contributed by atoms with E-state index in [0.29, 0.717) is 23.1 Å². The molecule has 0 saturated carbocycles. The van der Waals surface area contributed by atoms with Crippen LogP contribution >= 0.6 is 11.6 Å². The highest BCUT2D eigenvalue weighted by Gasteiger charge is 2.14. The lowest BCUT2D eigenvalue weighted by Crippen LogP contribution is -2.25. The monoisotopic (exact) mass is 241 g/mol. The standard InChI is InChI=1S/C12H16ClNO2/c13-9-4-5-12(11(14)7-9)16-8-10-3-1-2-6-15-10/h4-5,7,10H,1-3,6,8,14H2/t10-/m0/s1. The zero-order valence-electron chi connectivity index (χ0n) is 9.12. The molecule has 3 nitrogen and oxygen atoms in total. The Morgan fingerprint density at radius 3 is 3.00 bits per heavy atom. The van der Waals surface area contributed by atoms with Crippen LogP contribution in [0.5, 0.6) is 5.75 Å². The van der Waals surface area contributed by atoms with Gasteiger partial charge in [-0.15, -0.1) is 0 Å². The van der Waals surface area contributed by atoms with Crippen molar-refractivity contribution in [1.82, 2.24) is 0 Å². The fourth-order valence-corrected chi connectivity index (χ4v) is 1.95. The number of nitrogens with two attached hydrogens (primary N) is 1. The van der Waals surface area contributed by atoms with Crippen LogP contribution < -0.4 is 10.5 Å². The van der Waals surface area contributed by atoms with Crippen molar-refractivity contribution < 1.29 is 9.47 Å². The fraction of sp³-hybridized carbons (Fsp3) is 0.500. The predicted molar refractivity (Wildman–Crippen MR) is 65.0 cm³/mol. The molecule has 1 aliphatic heterocycles. The summed E-state index contributed by atoms with van der Waals surface area (Å²) in [5, 5.41) is 0.624. The van der Waals surface area contributed by atoms with Crippen molar-refractivity contribution in [2.24, 2.45) is 0 Å². The quantitative estimate of drug-likeness (QED) is 0.828. The maximum atomic E-state index is 5.81. The van der Waals surface area contributed by atoms with Gasteiger partial charge in [-0.25, -0.2) is 0 Å². The molecule has 0 spiro atoms. The highest BCUT2D eigenvalue weighted by Crippen LogP contribution is 2.25. The van der Waals surface area contributed by atoms with Crippen LogP contribution in [-0.4, -0.2) is 19.3 Å². The van der Waals surface area contributed by atoms with Gasteiger partial charge in [0.2, 0.25) is 0 Å². The summed E-state index contributed by atoms with van der Waals surface area (Å²) in [6.45, 7) is 1.40. The Hall–Kier alpha value is -0.930. The second-order valence-corrected chi connectivity index (χ2v) is 4.42. The van der Waals surface area contributed by atoms with E-state index < -0.39 is 0 Å². The number of anilines is 1. The van der Waals surface area contributed by atoms with Crippen LogP contribution in [0.1, 0.15) is 19.3 Å². The molecule has 0 aromatic heterocycles. The van der Waals surface area contributed by atoms with E-state index in [1.54, 1.807) is 18.2 Å². The van der Waals surface area contributed by atoms with Gasteiger partial charge in [-0.3, -0.25) is 0 Å². The van der Waals surface area contributed by atoms with E-state index in [-0.39, 0.29) is 6.10 Å². The second kappa shape index (κ2) is 5.41. The van der Waals surface area contributed by atoms with Crippen LogP contribution in [0.3, 0.4) is 0 Å². The summed E-state index contributed by atoms with van der Waals surface area (Å²) in [6.07, 6.45) is 3.63. The summed E-state index contributed by atoms with van der Waals surface area (Å²) in [5.41, 5.74) is 6.36. The van der Waals surface area contributed by atoms with Gasteiger partial charge in [-0.05, 0) is 37.5 Å². The summed E-state index contributed by atoms with van der Waals surface area (Å²) in [4.78, 5) is 0. The molecule has 0 unspecified atom stereocenters. The van der Waals surface area contributed by atoms with Gasteiger partial charge in [-0.1, -0.05) is 11.6 Å². The third-order valence-corrected chi connectivity index (χ3v) is 2.91. The molecule has 0 aliphatic carbocycles. The molecule has 0 radical (unpaired) electrons. The van der Waals surface area contributed by atoms with E-state index in [2.05, 4.69) is 0 Å². The zero-order chi connectivity index (χ0) is 11.4. The molecule has 1 aromatic rings. The predicted octanol–water partition coefficient (Wildman–Crippen LogP) is 2.87. The number of hydrogen-bond donors (Lipinski definition) is 1. The van der Waals surface area contributed by atoms with E-state index in [1.165, 1.54) is 6.42 Å². The first-order valence-electron chi connectivity index (χ1n) is 5.55. The number of halogens is 1. The van der Waals surface area contributed by atoms with E-state index in [0.717, 1.165) is 19.4 Å². The molecule has 1 heterocycles. The molecule has 1 atom stereocenters. The molecule has 4 heteroatoms. The Bertz CT molecular complexity index is 351. The summed E-state index contributed by atoms with van der Waals surface area (Å²) in [5.74, 6) is 0.679. The SMILES string of the molecule is Nc1cc(Cl)ccc1OC[C@@H]1CCCCO1. The van der Waals surface area contributed by atoms with Crippen molar-refractivity contribution in [3.05, 3.63) is 23.2 Å². The highest BCUT2D eigenvalue weighted by atomic mass is 35.5. The van der Waals surface area contributed by atoms with Gasteiger partial charge in [0.1, 0.15) is 12.4 Å². The average Bonchev–Trinajstić information content (AvgIpc) is 2.29. The van der Waals surface area contributed by atoms with Crippen LogP contribution in [0, 0.1) is 0 Å². The van der Waals surface area contributed by atoms with Crippen molar-refractivity contribution >= 4 is 17.3 Å². The summed E-state index contributed by atoms with van der Waals surface area (Å²) < 4.78 is 11.2. The number of benzene rings is 1. The van der Waals surface area contributed by atoms with Crippen LogP contribution in [0.25, 0.3) is 0 Å². The summed E-state index contributed by atoms with van der Waals surface area (Å²) in [7, 11) is 0. The number of nitrogen functional groups attached to an aromatic ring is 1. The fourth-order valence-electron chi connectivity index (χ4n) is 1.77. The lowest BCUT2D eigenvalue weighted by molar-refractivity contribution is -0.0109. The van der Waals surface area contributed by atoms with Crippen LogP contribution in [0.15, 0.2) is 18.2 Å². The highest BCUT2D eigenvalue weighted by molar-refractivity contribution is 6.30. The van der Waals surface area contributed by atoms with E-state index in [4.69, 9.17) is 26.8 Å². The normalized spacial score (nSPS) is 20.7. The Labute approximate surface area is 100 Å². The number of hydrogen-bond acceptors (Lipinski definition) is 3.